The number of aromatic nitrogens is 1. The summed E-state index contributed by atoms with van der Waals surface area (Å²) < 4.78 is 17.7. The molecule has 3 N–H and O–H groups in total. The third kappa shape index (κ3) is 8.34. The zero-order valence-corrected chi connectivity index (χ0v) is 18.7. The molecular formula is C21H32ClFN4O3. The largest absolute Gasteiger partial charge is 0.449 e. The monoisotopic (exact) mass is 442 g/mol. The highest BCUT2D eigenvalue weighted by atomic mass is 35.5. The average molecular weight is 443 g/mol. The number of carbonyl (C=O) groups is 2. The molecule has 1 aromatic rings. The summed E-state index contributed by atoms with van der Waals surface area (Å²) >= 11 is 5.98. The fourth-order valence-electron chi connectivity index (χ4n) is 3.41. The Morgan fingerprint density at radius 2 is 1.90 bits per heavy atom. The topological polar surface area (TPSA) is 92.3 Å². The molecule has 1 heterocycles. The summed E-state index contributed by atoms with van der Waals surface area (Å²) in [6.07, 6.45) is 5.00. The van der Waals surface area contributed by atoms with Crippen LogP contribution in [-0.2, 0) is 4.74 Å². The Hall–Kier alpha value is -2.09. The van der Waals surface area contributed by atoms with Crippen molar-refractivity contribution in [2.45, 2.75) is 52.0 Å². The smallest absolute Gasteiger partial charge is 0.407 e. The van der Waals surface area contributed by atoms with Gasteiger partial charge in [-0.25, -0.2) is 14.2 Å². The van der Waals surface area contributed by atoms with Gasteiger partial charge in [0.15, 0.2) is 0 Å². The van der Waals surface area contributed by atoms with Crippen LogP contribution in [0.5, 0.6) is 0 Å². The van der Waals surface area contributed by atoms with E-state index in [1.807, 2.05) is 20.8 Å². The van der Waals surface area contributed by atoms with Crippen molar-refractivity contribution < 1.29 is 18.7 Å². The maximum absolute atomic E-state index is 12.3. The number of nitrogens with one attached hydrogen (secondary N) is 3. The number of rotatable bonds is 8. The van der Waals surface area contributed by atoms with Crippen LogP contribution >= 0.6 is 11.6 Å². The average Bonchev–Trinajstić information content (AvgIpc) is 2.68. The van der Waals surface area contributed by atoms with Crippen molar-refractivity contribution in [1.82, 2.24) is 15.6 Å². The molecule has 1 aromatic heterocycles. The molecule has 0 aromatic carbocycles. The fourth-order valence-corrected chi connectivity index (χ4v) is 3.56. The van der Waals surface area contributed by atoms with Crippen molar-refractivity contribution in [1.29, 1.82) is 0 Å². The molecule has 0 saturated heterocycles. The van der Waals surface area contributed by atoms with E-state index in [-0.39, 0.29) is 29.2 Å². The van der Waals surface area contributed by atoms with Crippen LogP contribution < -0.4 is 16.0 Å². The highest BCUT2D eigenvalue weighted by Crippen LogP contribution is 2.30. The van der Waals surface area contributed by atoms with Gasteiger partial charge in [0.2, 0.25) is 0 Å². The first-order valence-electron chi connectivity index (χ1n) is 10.4. The van der Waals surface area contributed by atoms with E-state index in [2.05, 4.69) is 20.9 Å². The molecule has 7 nitrogen and oxygen atoms in total. The molecule has 0 radical (unpaired) electrons. The molecule has 0 atom stereocenters. The summed E-state index contributed by atoms with van der Waals surface area (Å²) in [6, 6.07) is 1.61. The molecule has 0 bridgehead atoms. The van der Waals surface area contributed by atoms with Gasteiger partial charge < -0.3 is 20.7 Å². The lowest BCUT2D eigenvalue weighted by molar-refractivity contribution is 0.0950. The van der Waals surface area contributed by atoms with Crippen LogP contribution in [0.3, 0.4) is 0 Å². The Labute approximate surface area is 182 Å². The first-order chi connectivity index (χ1) is 14.2. The quantitative estimate of drug-likeness (QED) is 0.525. The molecule has 1 aliphatic rings. The second-order valence-corrected chi connectivity index (χ2v) is 9.13. The van der Waals surface area contributed by atoms with Crippen LogP contribution in [-0.4, -0.2) is 48.9 Å². The van der Waals surface area contributed by atoms with E-state index in [4.69, 9.17) is 16.3 Å². The zero-order valence-electron chi connectivity index (χ0n) is 17.9. The Morgan fingerprint density at radius 3 is 2.53 bits per heavy atom. The number of ether oxygens (including phenoxy) is 1. The van der Waals surface area contributed by atoms with Crippen molar-refractivity contribution in [3.05, 3.63) is 23.0 Å². The summed E-state index contributed by atoms with van der Waals surface area (Å²) in [6.45, 7) is 6.21. The summed E-state index contributed by atoms with van der Waals surface area (Å²) in [7, 11) is 0. The lowest BCUT2D eigenvalue weighted by Gasteiger charge is -2.29. The second-order valence-electron chi connectivity index (χ2n) is 8.74. The molecule has 0 spiro atoms. The summed E-state index contributed by atoms with van der Waals surface area (Å²) in [5.74, 6) is 0.427. The molecular weight excluding hydrogens is 411 g/mol. The maximum Gasteiger partial charge on any atom is 0.407 e. The number of nitrogens with zero attached hydrogens (tertiary/aromatic N) is 1. The second kappa shape index (κ2) is 11.3. The number of anilines is 1. The van der Waals surface area contributed by atoms with E-state index in [0.717, 1.165) is 25.7 Å². The van der Waals surface area contributed by atoms with Crippen molar-refractivity contribution in [3.8, 4) is 0 Å². The van der Waals surface area contributed by atoms with Crippen LogP contribution in [0.15, 0.2) is 12.3 Å². The van der Waals surface area contributed by atoms with Crippen molar-refractivity contribution >= 4 is 29.3 Å². The number of alkyl halides is 1. The predicted octanol–water partition coefficient (Wildman–Crippen LogP) is 4.18. The van der Waals surface area contributed by atoms with Gasteiger partial charge in [0.1, 0.15) is 11.8 Å². The van der Waals surface area contributed by atoms with Gasteiger partial charge in [-0.05, 0) is 64.4 Å². The number of hydrogen-bond donors (Lipinski definition) is 3. The summed E-state index contributed by atoms with van der Waals surface area (Å²) in [5, 5.41) is 8.89. The molecule has 1 fully saturated rings. The van der Waals surface area contributed by atoms with Crippen LogP contribution in [0.25, 0.3) is 0 Å². The van der Waals surface area contributed by atoms with Gasteiger partial charge in [0.25, 0.3) is 5.91 Å². The lowest BCUT2D eigenvalue weighted by Crippen LogP contribution is -2.41. The minimum absolute atomic E-state index is 0.0409. The van der Waals surface area contributed by atoms with Crippen LogP contribution in [0, 0.1) is 11.8 Å². The molecule has 1 saturated carbocycles. The van der Waals surface area contributed by atoms with Gasteiger partial charge in [0, 0.05) is 24.8 Å². The van der Waals surface area contributed by atoms with Crippen LogP contribution in [0.4, 0.5) is 14.9 Å². The van der Waals surface area contributed by atoms with E-state index in [9.17, 15) is 14.0 Å². The van der Waals surface area contributed by atoms with Crippen LogP contribution in [0.2, 0.25) is 5.15 Å². The Morgan fingerprint density at radius 1 is 1.23 bits per heavy atom. The minimum Gasteiger partial charge on any atom is -0.449 e. The van der Waals surface area contributed by atoms with Gasteiger partial charge in [-0.15, -0.1) is 0 Å². The van der Waals surface area contributed by atoms with Crippen molar-refractivity contribution in [3.63, 3.8) is 0 Å². The van der Waals surface area contributed by atoms with E-state index in [1.54, 1.807) is 6.07 Å². The van der Waals surface area contributed by atoms with Gasteiger partial charge in [0.05, 0.1) is 17.9 Å². The Kier molecular flexibility index (Phi) is 9.14. The molecule has 0 aliphatic heterocycles. The van der Waals surface area contributed by atoms with Crippen LogP contribution in [0.1, 0.15) is 56.8 Å². The fraction of sp³-hybridized carbons (Fsp3) is 0.667. The molecule has 9 heteroatoms. The van der Waals surface area contributed by atoms with Gasteiger partial charge >= 0.3 is 6.09 Å². The normalized spacial score (nSPS) is 19.1. The number of pyridine rings is 1. The van der Waals surface area contributed by atoms with E-state index in [1.165, 1.54) is 6.20 Å². The summed E-state index contributed by atoms with van der Waals surface area (Å²) in [5.41, 5.74) is 0.633. The van der Waals surface area contributed by atoms with Gasteiger partial charge in [-0.3, -0.25) is 4.79 Å². The van der Waals surface area contributed by atoms with E-state index >= 15 is 0 Å². The molecule has 2 rings (SSSR count). The zero-order chi connectivity index (χ0) is 22.1. The first-order valence-corrected chi connectivity index (χ1v) is 10.7. The van der Waals surface area contributed by atoms with Crippen molar-refractivity contribution in [2.75, 3.05) is 31.7 Å². The highest BCUT2D eigenvalue weighted by molar-refractivity contribution is 6.29. The number of hydrogen-bond acceptors (Lipinski definition) is 5. The molecule has 1 aliphatic carbocycles. The molecule has 30 heavy (non-hydrogen) atoms. The summed E-state index contributed by atoms with van der Waals surface area (Å²) in [4.78, 5) is 27.9. The van der Waals surface area contributed by atoms with Gasteiger partial charge in [-0.1, -0.05) is 11.6 Å². The SMILES string of the molecule is CC(C)(C)NC(=O)OCC1CCC(CNc2cc(Cl)ncc2C(=O)NCCF)CC1. The van der Waals surface area contributed by atoms with Gasteiger partial charge in [-0.2, -0.15) is 0 Å². The predicted molar refractivity (Wildman–Crippen MR) is 116 cm³/mol. The number of carbonyl (C=O) groups excluding carboxylic acids is 2. The minimum atomic E-state index is -0.625. The maximum atomic E-state index is 12.3. The van der Waals surface area contributed by atoms with Crippen molar-refractivity contribution in [2.24, 2.45) is 11.8 Å². The number of alkyl carbamates (subject to hydrolysis) is 1. The Balaban J connectivity index is 1.79. The third-order valence-electron chi connectivity index (χ3n) is 4.97. The number of amides is 2. The Bertz CT molecular complexity index is 719. The molecule has 0 unspecified atom stereocenters. The van der Waals surface area contributed by atoms with E-state index < -0.39 is 6.67 Å². The standard InChI is InChI=1S/C21H32ClFN4O3/c1-21(2,3)27-20(29)30-13-15-6-4-14(5-7-15)11-25-17-10-18(22)26-12-16(17)19(28)24-9-8-23/h10,12,14-15H,4-9,11,13H2,1-3H3,(H,24,28)(H,25,26)(H,27,29). The third-order valence-corrected chi connectivity index (χ3v) is 5.18. The molecule has 168 valence electrons. The first kappa shape index (κ1) is 24.2. The molecule has 2 amide bonds. The lowest BCUT2D eigenvalue weighted by atomic mass is 9.82. The number of halogens is 2. The van der Waals surface area contributed by atoms with E-state index in [0.29, 0.717) is 36.2 Å². The highest BCUT2D eigenvalue weighted by Gasteiger charge is 2.24.